The first-order valence-corrected chi connectivity index (χ1v) is 16.3. The summed E-state index contributed by atoms with van der Waals surface area (Å²) >= 11 is 0. The fraction of sp³-hybridized carbons (Fsp3) is 0.114. The molecule has 1 aliphatic rings. The first kappa shape index (κ1) is 28.0. The maximum absolute atomic E-state index is 4.19. The molecule has 2 heteroatoms. The minimum Gasteiger partial charge on any atom is -0.386 e. The lowest BCUT2D eigenvalue weighted by molar-refractivity contribution is 0.924. The van der Waals surface area contributed by atoms with Crippen molar-refractivity contribution in [3.63, 3.8) is 0 Å². The fourth-order valence-electron chi connectivity index (χ4n) is 7.22. The number of hydrogen-bond donors (Lipinski definition) is 1. The Morgan fingerprint density at radius 1 is 0.630 bits per heavy atom. The summed E-state index contributed by atoms with van der Waals surface area (Å²) in [4.78, 5) is 4.19. The molecule has 0 radical (unpaired) electrons. The van der Waals surface area contributed by atoms with E-state index in [1.807, 2.05) is 12.4 Å². The molecule has 46 heavy (non-hydrogen) atoms. The molecular formula is C44H36N2. The summed E-state index contributed by atoms with van der Waals surface area (Å²) in [6.45, 7) is 5.31. The Morgan fingerprint density at radius 2 is 1.30 bits per heavy atom. The maximum atomic E-state index is 4.19. The van der Waals surface area contributed by atoms with Gasteiger partial charge in [0.2, 0.25) is 0 Å². The van der Waals surface area contributed by atoms with Crippen molar-refractivity contribution in [3.05, 3.63) is 162 Å². The van der Waals surface area contributed by atoms with Crippen molar-refractivity contribution in [1.29, 1.82) is 0 Å². The number of dihydropyridines is 1. The predicted octanol–water partition coefficient (Wildman–Crippen LogP) is 11.2. The van der Waals surface area contributed by atoms with Crippen LogP contribution in [0.3, 0.4) is 0 Å². The van der Waals surface area contributed by atoms with Crippen LogP contribution in [0.1, 0.15) is 35.6 Å². The highest BCUT2D eigenvalue weighted by atomic mass is 14.8. The van der Waals surface area contributed by atoms with Gasteiger partial charge in [-0.2, -0.15) is 0 Å². The van der Waals surface area contributed by atoms with Gasteiger partial charge in [-0.05, 0) is 126 Å². The second kappa shape index (κ2) is 11.8. The van der Waals surface area contributed by atoms with E-state index in [9.17, 15) is 0 Å². The number of nitrogens with zero attached hydrogens (tertiary/aromatic N) is 1. The van der Waals surface area contributed by atoms with E-state index in [1.54, 1.807) is 0 Å². The number of rotatable bonds is 6. The third-order valence-corrected chi connectivity index (χ3v) is 9.42. The third-order valence-electron chi connectivity index (χ3n) is 9.42. The van der Waals surface area contributed by atoms with E-state index in [4.69, 9.17) is 0 Å². The quantitative estimate of drug-likeness (QED) is 0.194. The number of aromatic nitrogens is 1. The van der Waals surface area contributed by atoms with Crippen LogP contribution in [0.15, 0.2) is 140 Å². The first-order valence-electron chi connectivity index (χ1n) is 16.3. The van der Waals surface area contributed by atoms with E-state index < -0.39 is 0 Å². The largest absolute Gasteiger partial charge is 0.386 e. The molecule has 1 aliphatic heterocycles. The molecule has 0 amide bonds. The van der Waals surface area contributed by atoms with Gasteiger partial charge in [0, 0.05) is 25.1 Å². The molecule has 7 aromatic rings. The number of pyridine rings is 1. The van der Waals surface area contributed by atoms with Gasteiger partial charge < -0.3 is 5.32 Å². The minimum absolute atomic E-state index is 0.805. The summed E-state index contributed by atoms with van der Waals surface area (Å²) in [5.41, 5.74) is 12.7. The Hall–Kier alpha value is -5.47. The van der Waals surface area contributed by atoms with Gasteiger partial charge in [-0.1, -0.05) is 110 Å². The van der Waals surface area contributed by atoms with Gasteiger partial charge in [0.25, 0.3) is 0 Å². The van der Waals surface area contributed by atoms with Gasteiger partial charge in [0.05, 0.1) is 0 Å². The van der Waals surface area contributed by atoms with E-state index in [1.165, 1.54) is 88.0 Å². The SMILES string of the molecule is CCCc1ccc2ccc(-c3c4ccccc4c(-c4ccc(C5=CC(c6ccncc6)=CNC5)cc4C)c4ccccc34)cc2c1. The summed E-state index contributed by atoms with van der Waals surface area (Å²) in [6.07, 6.45) is 10.4. The van der Waals surface area contributed by atoms with Crippen molar-refractivity contribution in [1.82, 2.24) is 10.3 Å². The van der Waals surface area contributed by atoms with Crippen molar-refractivity contribution in [2.45, 2.75) is 26.7 Å². The number of allylic oxidation sites excluding steroid dienone is 2. The van der Waals surface area contributed by atoms with Crippen molar-refractivity contribution >= 4 is 43.5 Å². The summed E-state index contributed by atoms with van der Waals surface area (Å²) < 4.78 is 0. The zero-order chi connectivity index (χ0) is 31.0. The Balaban J connectivity index is 1.29. The second-order valence-corrected chi connectivity index (χ2v) is 12.4. The van der Waals surface area contributed by atoms with Crippen LogP contribution in [0.2, 0.25) is 0 Å². The molecule has 0 atom stereocenters. The molecule has 0 unspecified atom stereocenters. The van der Waals surface area contributed by atoms with Gasteiger partial charge >= 0.3 is 0 Å². The van der Waals surface area contributed by atoms with Crippen molar-refractivity contribution in [2.24, 2.45) is 0 Å². The van der Waals surface area contributed by atoms with Crippen LogP contribution in [-0.4, -0.2) is 11.5 Å². The minimum atomic E-state index is 0.805. The third kappa shape index (κ3) is 4.97. The average molecular weight is 593 g/mol. The van der Waals surface area contributed by atoms with Crippen molar-refractivity contribution < 1.29 is 0 Å². The Kier molecular flexibility index (Phi) is 7.19. The number of aryl methyl sites for hydroxylation is 2. The molecule has 222 valence electrons. The smallest absolute Gasteiger partial charge is 0.0401 e. The van der Waals surface area contributed by atoms with E-state index in [0.717, 1.165) is 19.4 Å². The summed E-state index contributed by atoms with van der Waals surface area (Å²) in [6, 6.07) is 42.9. The van der Waals surface area contributed by atoms with E-state index >= 15 is 0 Å². The van der Waals surface area contributed by atoms with Crippen LogP contribution in [0, 0.1) is 6.92 Å². The molecule has 0 bridgehead atoms. The molecular weight excluding hydrogens is 556 g/mol. The van der Waals surface area contributed by atoms with Crippen LogP contribution < -0.4 is 5.32 Å². The fourth-order valence-corrected chi connectivity index (χ4v) is 7.22. The second-order valence-electron chi connectivity index (χ2n) is 12.4. The normalized spacial score (nSPS) is 13.1. The van der Waals surface area contributed by atoms with Crippen LogP contribution in [0.25, 0.3) is 65.7 Å². The molecule has 2 heterocycles. The summed E-state index contributed by atoms with van der Waals surface area (Å²) in [5, 5.41) is 11.2. The molecule has 0 spiro atoms. The van der Waals surface area contributed by atoms with Crippen molar-refractivity contribution in [3.8, 4) is 22.3 Å². The number of fused-ring (bicyclic) bond motifs is 3. The molecule has 0 saturated carbocycles. The molecule has 8 rings (SSSR count). The van der Waals surface area contributed by atoms with E-state index in [2.05, 4.69) is 152 Å². The van der Waals surface area contributed by atoms with Gasteiger partial charge in [0.1, 0.15) is 0 Å². The Bertz CT molecular complexity index is 2270. The molecule has 0 saturated heterocycles. The highest BCUT2D eigenvalue weighted by Gasteiger charge is 2.19. The average Bonchev–Trinajstić information content (AvgIpc) is 3.11. The zero-order valence-electron chi connectivity index (χ0n) is 26.3. The lowest BCUT2D eigenvalue weighted by Crippen LogP contribution is -2.14. The highest BCUT2D eigenvalue weighted by molar-refractivity contribution is 6.22. The Morgan fingerprint density at radius 3 is 2.00 bits per heavy atom. The van der Waals surface area contributed by atoms with E-state index in [-0.39, 0.29) is 0 Å². The van der Waals surface area contributed by atoms with Gasteiger partial charge in [-0.15, -0.1) is 0 Å². The van der Waals surface area contributed by atoms with Crippen LogP contribution in [0.4, 0.5) is 0 Å². The number of hydrogen-bond acceptors (Lipinski definition) is 2. The predicted molar refractivity (Wildman–Crippen MR) is 197 cm³/mol. The first-order chi connectivity index (χ1) is 22.7. The summed E-state index contributed by atoms with van der Waals surface area (Å²) in [5.74, 6) is 0. The molecule has 0 aliphatic carbocycles. The zero-order valence-corrected chi connectivity index (χ0v) is 26.3. The van der Waals surface area contributed by atoms with Crippen LogP contribution in [-0.2, 0) is 6.42 Å². The summed E-state index contributed by atoms with van der Waals surface area (Å²) in [7, 11) is 0. The standard InChI is InChI=1S/C44H36N2/c1-3-8-30-13-14-31-15-16-34(25-35(31)24-30)43-39-9-4-6-11-41(39)44(42-12-7-5-10-40(42)43)38-18-17-33(23-29(38)2)37-26-36(27-46-28-37)32-19-21-45-22-20-32/h4-7,9-27,46H,3,8,28H2,1-2H3. The van der Waals surface area contributed by atoms with E-state index in [0.29, 0.717) is 0 Å². The Labute approximate surface area is 270 Å². The molecule has 2 nitrogen and oxygen atoms in total. The molecule has 1 N–H and O–H groups in total. The lowest BCUT2D eigenvalue weighted by atomic mass is 9.84. The molecule has 0 fully saturated rings. The monoisotopic (exact) mass is 592 g/mol. The van der Waals surface area contributed by atoms with Crippen molar-refractivity contribution in [2.75, 3.05) is 6.54 Å². The van der Waals surface area contributed by atoms with Gasteiger partial charge in [-0.3, -0.25) is 4.98 Å². The molecule has 6 aromatic carbocycles. The topological polar surface area (TPSA) is 24.9 Å². The molecule has 1 aromatic heterocycles. The highest BCUT2D eigenvalue weighted by Crippen LogP contribution is 2.45. The van der Waals surface area contributed by atoms with Gasteiger partial charge in [0.15, 0.2) is 0 Å². The lowest BCUT2D eigenvalue weighted by Gasteiger charge is -2.20. The van der Waals surface area contributed by atoms with Gasteiger partial charge in [-0.25, -0.2) is 0 Å². The number of benzene rings is 6. The number of nitrogens with one attached hydrogen (secondary N) is 1. The van der Waals surface area contributed by atoms with Crippen LogP contribution >= 0.6 is 0 Å². The van der Waals surface area contributed by atoms with Crippen LogP contribution in [0.5, 0.6) is 0 Å². The maximum Gasteiger partial charge on any atom is 0.0401 e.